The van der Waals surface area contributed by atoms with Crippen molar-refractivity contribution in [3.05, 3.63) is 83.2 Å². The molecule has 0 radical (unpaired) electrons. The molecule has 5 rings (SSSR count). The Morgan fingerprint density at radius 3 is 2.71 bits per heavy atom. The Hall–Kier alpha value is -3.25. The van der Waals surface area contributed by atoms with Crippen LogP contribution in [0.25, 0.3) is 0 Å². The molecule has 0 amide bonds. The van der Waals surface area contributed by atoms with Gasteiger partial charge in [0.05, 0.1) is 6.61 Å². The van der Waals surface area contributed by atoms with E-state index in [2.05, 4.69) is 0 Å². The summed E-state index contributed by atoms with van der Waals surface area (Å²) in [6, 6.07) is 17.8. The van der Waals surface area contributed by atoms with Crippen LogP contribution in [0.4, 0.5) is 4.39 Å². The van der Waals surface area contributed by atoms with E-state index in [0.29, 0.717) is 34.1 Å². The van der Waals surface area contributed by atoms with Crippen molar-refractivity contribution in [2.75, 3.05) is 6.79 Å². The number of rotatable bonds is 4. The zero-order chi connectivity index (χ0) is 18.9. The Morgan fingerprint density at radius 1 is 0.964 bits per heavy atom. The van der Waals surface area contributed by atoms with Gasteiger partial charge in [0.2, 0.25) is 13.1 Å². The van der Waals surface area contributed by atoms with Crippen LogP contribution in [0, 0.1) is 5.82 Å². The second kappa shape index (κ2) is 7.05. The van der Waals surface area contributed by atoms with E-state index in [9.17, 15) is 4.39 Å². The summed E-state index contributed by atoms with van der Waals surface area (Å²) in [5.74, 6) is 2.17. The molecule has 3 aromatic carbocycles. The predicted octanol–water partition coefficient (Wildman–Crippen LogP) is 4.74. The number of hydrogen-bond acceptors (Lipinski definition) is 5. The lowest BCUT2D eigenvalue weighted by Gasteiger charge is -2.28. The van der Waals surface area contributed by atoms with Crippen molar-refractivity contribution in [2.45, 2.75) is 19.5 Å². The van der Waals surface area contributed by atoms with Gasteiger partial charge in [0.1, 0.15) is 23.9 Å². The number of ether oxygens (including phenoxy) is 5. The molecule has 1 atom stereocenters. The van der Waals surface area contributed by atoms with Gasteiger partial charge in [0.25, 0.3) is 0 Å². The molecule has 0 saturated carbocycles. The molecule has 6 heteroatoms. The van der Waals surface area contributed by atoms with Gasteiger partial charge < -0.3 is 23.7 Å². The average molecular weight is 380 g/mol. The molecule has 0 aliphatic carbocycles. The van der Waals surface area contributed by atoms with Crippen LogP contribution in [0.3, 0.4) is 0 Å². The van der Waals surface area contributed by atoms with Crippen molar-refractivity contribution >= 4 is 0 Å². The fourth-order valence-electron chi connectivity index (χ4n) is 3.29. The first-order valence-electron chi connectivity index (χ1n) is 8.93. The van der Waals surface area contributed by atoms with Gasteiger partial charge in [-0.1, -0.05) is 30.3 Å². The van der Waals surface area contributed by atoms with Gasteiger partial charge in [-0.15, -0.1) is 0 Å². The molecule has 2 heterocycles. The molecule has 3 aromatic rings. The topological polar surface area (TPSA) is 46.2 Å². The van der Waals surface area contributed by atoms with Gasteiger partial charge in [-0.05, 0) is 24.3 Å². The Morgan fingerprint density at radius 2 is 1.82 bits per heavy atom. The van der Waals surface area contributed by atoms with Crippen LogP contribution in [0.1, 0.15) is 23.0 Å². The zero-order valence-corrected chi connectivity index (χ0v) is 14.9. The molecule has 0 unspecified atom stereocenters. The van der Waals surface area contributed by atoms with Crippen LogP contribution in [0.5, 0.6) is 23.0 Å². The lowest BCUT2D eigenvalue weighted by atomic mass is 10.1. The van der Waals surface area contributed by atoms with Crippen molar-refractivity contribution in [1.82, 2.24) is 0 Å². The molecular weight excluding hydrogens is 363 g/mol. The van der Waals surface area contributed by atoms with E-state index >= 15 is 0 Å². The lowest BCUT2D eigenvalue weighted by molar-refractivity contribution is -0.112. The highest BCUT2D eigenvalue weighted by molar-refractivity contribution is 5.47. The fraction of sp³-hybridized carbons (Fsp3) is 0.182. The lowest BCUT2D eigenvalue weighted by Crippen LogP contribution is -2.19. The molecule has 0 fully saturated rings. The maximum atomic E-state index is 14.1. The normalized spacial score (nSPS) is 17.0. The summed E-state index contributed by atoms with van der Waals surface area (Å²) < 4.78 is 42.4. The minimum Gasteiger partial charge on any atom is -0.489 e. The highest BCUT2D eigenvalue weighted by Gasteiger charge is 2.25. The monoisotopic (exact) mass is 380 g/mol. The third kappa shape index (κ3) is 3.23. The molecule has 28 heavy (non-hydrogen) atoms. The van der Waals surface area contributed by atoms with E-state index in [-0.39, 0.29) is 25.8 Å². The van der Waals surface area contributed by atoms with Crippen molar-refractivity contribution in [3.8, 4) is 23.0 Å². The van der Waals surface area contributed by atoms with Crippen molar-refractivity contribution in [2.24, 2.45) is 0 Å². The molecule has 0 saturated heterocycles. The maximum Gasteiger partial charge on any atom is 0.231 e. The molecule has 5 nitrogen and oxygen atoms in total. The molecule has 0 spiro atoms. The van der Waals surface area contributed by atoms with E-state index < -0.39 is 6.29 Å². The number of fused-ring (bicyclic) bond motifs is 2. The van der Waals surface area contributed by atoms with E-state index in [1.54, 1.807) is 18.2 Å². The van der Waals surface area contributed by atoms with Crippen LogP contribution < -0.4 is 18.9 Å². The first-order chi connectivity index (χ1) is 13.8. The van der Waals surface area contributed by atoms with Crippen molar-refractivity contribution < 1.29 is 28.1 Å². The SMILES string of the molecule is Fc1cc(COc2ccc3c(c2)OCO3)c2c(c1)CO[C@H](c1ccccc1)O2. The summed E-state index contributed by atoms with van der Waals surface area (Å²) >= 11 is 0. The summed E-state index contributed by atoms with van der Waals surface area (Å²) in [4.78, 5) is 0. The standard InChI is InChI=1S/C22H17FO5/c23-17-8-15(11-24-18-6-7-19-20(10-18)27-13-26-19)21-16(9-17)12-25-22(28-21)14-4-2-1-3-5-14/h1-10,22H,11-13H2/t22-/m0/s1. The first-order valence-corrected chi connectivity index (χ1v) is 8.93. The highest BCUT2D eigenvalue weighted by atomic mass is 19.1. The molecule has 142 valence electrons. The number of benzene rings is 3. The molecule has 2 aliphatic heterocycles. The first kappa shape index (κ1) is 16.9. The van der Waals surface area contributed by atoms with E-state index in [4.69, 9.17) is 23.7 Å². The smallest absolute Gasteiger partial charge is 0.231 e. The third-order valence-electron chi connectivity index (χ3n) is 4.63. The summed E-state index contributed by atoms with van der Waals surface area (Å²) in [6.45, 7) is 0.621. The molecule has 0 N–H and O–H groups in total. The molecule has 2 aliphatic rings. The quantitative estimate of drug-likeness (QED) is 0.654. The second-order valence-electron chi connectivity index (χ2n) is 6.53. The van der Waals surface area contributed by atoms with Crippen molar-refractivity contribution in [1.29, 1.82) is 0 Å². The summed E-state index contributed by atoms with van der Waals surface area (Å²) in [5, 5.41) is 0. The Labute approximate surface area is 161 Å². The van der Waals surface area contributed by atoms with Crippen LogP contribution in [-0.4, -0.2) is 6.79 Å². The van der Waals surface area contributed by atoms with Crippen LogP contribution in [0.2, 0.25) is 0 Å². The van der Waals surface area contributed by atoms with Gasteiger partial charge in [-0.25, -0.2) is 4.39 Å². The summed E-state index contributed by atoms with van der Waals surface area (Å²) in [6.07, 6.45) is -0.538. The number of halogens is 1. The number of hydrogen-bond donors (Lipinski definition) is 0. The van der Waals surface area contributed by atoms with Gasteiger partial charge in [-0.2, -0.15) is 0 Å². The van der Waals surface area contributed by atoms with Crippen LogP contribution in [-0.2, 0) is 18.0 Å². The minimum atomic E-state index is -0.538. The van der Waals surface area contributed by atoms with E-state index in [1.807, 2.05) is 30.3 Å². The van der Waals surface area contributed by atoms with Gasteiger partial charge in [0.15, 0.2) is 11.5 Å². The Kier molecular flexibility index (Phi) is 4.25. The summed E-state index contributed by atoms with van der Waals surface area (Å²) in [5.41, 5.74) is 2.19. The highest BCUT2D eigenvalue weighted by Crippen LogP contribution is 2.38. The second-order valence-corrected chi connectivity index (χ2v) is 6.53. The van der Waals surface area contributed by atoms with E-state index in [1.165, 1.54) is 12.1 Å². The molecular formula is C22H17FO5. The van der Waals surface area contributed by atoms with Crippen LogP contribution in [0.15, 0.2) is 60.7 Å². The van der Waals surface area contributed by atoms with E-state index in [0.717, 1.165) is 5.56 Å². The maximum absolute atomic E-state index is 14.1. The predicted molar refractivity (Wildman–Crippen MR) is 97.9 cm³/mol. The Balaban J connectivity index is 1.39. The van der Waals surface area contributed by atoms with Gasteiger partial charge in [0, 0.05) is 22.8 Å². The third-order valence-corrected chi connectivity index (χ3v) is 4.63. The van der Waals surface area contributed by atoms with Gasteiger partial charge in [-0.3, -0.25) is 0 Å². The van der Waals surface area contributed by atoms with Crippen LogP contribution >= 0.6 is 0 Å². The van der Waals surface area contributed by atoms with Gasteiger partial charge >= 0.3 is 0 Å². The largest absolute Gasteiger partial charge is 0.489 e. The minimum absolute atomic E-state index is 0.154. The average Bonchev–Trinajstić information content (AvgIpc) is 3.20. The molecule has 0 aromatic heterocycles. The fourth-order valence-corrected chi connectivity index (χ4v) is 3.29. The molecule has 0 bridgehead atoms. The van der Waals surface area contributed by atoms with Crippen molar-refractivity contribution in [3.63, 3.8) is 0 Å². The zero-order valence-electron chi connectivity index (χ0n) is 14.9. The Bertz CT molecular complexity index is 1010. The summed E-state index contributed by atoms with van der Waals surface area (Å²) in [7, 11) is 0.